The fraction of sp³-hybridized carbons (Fsp3) is 1.00. The molecule has 0 aromatic carbocycles. The Hall–Kier alpha value is -0.0800. The van der Waals surface area contributed by atoms with Crippen molar-refractivity contribution in [2.75, 3.05) is 6.54 Å². The Balaban J connectivity index is 2.44. The molecule has 1 heterocycles. The number of hydrogen-bond donors (Lipinski definition) is 1. The number of piperidine rings is 1. The second-order valence-electron chi connectivity index (χ2n) is 4.02. The molecule has 1 aliphatic rings. The van der Waals surface area contributed by atoms with Gasteiger partial charge in [-0.15, -0.1) is 0 Å². The first kappa shape index (κ1) is 10.0. The van der Waals surface area contributed by atoms with Crippen molar-refractivity contribution < 1.29 is 5.11 Å². The van der Waals surface area contributed by atoms with Crippen LogP contribution in [0, 0.1) is 0 Å². The molecular weight excluding hydrogens is 150 g/mol. The summed E-state index contributed by atoms with van der Waals surface area (Å²) >= 11 is 0. The van der Waals surface area contributed by atoms with Gasteiger partial charge in [0.05, 0.1) is 6.10 Å². The topological polar surface area (TPSA) is 23.5 Å². The fourth-order valence-electron chi connectivity index (χ4n) is 2.05. The summed E-state index contributed by atoms with van der Waals surface area (Å²) in [7, 11) is 0. The first-order valence-corrected chi connectivity index (χ1v) is 5.09. The van der Waals surface area contributed by atoms with Gasteiger partial charge in [0.25, 0.3) is 0 Å². The van der Waals surface area contributed by atoms with Crippen LogP contribution < -0.4 is 0 Å². The van der Waals surface area contributed by atoms with Crippen LogP contribution in [-0.4, -0.2) is 34.7 Å². The van der Waals surface area contributed by atoms with Crippen molar-refractivity contribution in [1.82, 2.24) is 4.90 Å². The summed E-state index contributed by atoms with van der Waals surface area (Å²) in [5.41, 5.74) is 0. The van der Waals surface area contributed by atoms with Crippen molar-refractivity contribution >= 4 is 0 Å². The van der Waals surface area contributed by atoms with Gasteiger partial charge < -0.3 is 5.11 Å². The first-order valence-electron chi connectivity index (χ1n) is 5.09. The number of aliphatic hydroxyl groups is 1. The normalized spacial score (nSPS) is 35.0. The number of rotatable bonds is 2. The molecule has 2 nitrogen and oxygen atoms in total. The molecule has 1 aliphatic heterocycles. The van der Waals surface area contributed by atoms with E-state index >= 15 is 0 Å². The third kappa shape index (κ3) is 2.20. The molecule has 0 aromatic heterocycles. The summed E-state index contributed by atoms with van der Waals surface area (Å²) in [6.45, 7) is 7.78. The molecule has 1 saturated heterocycles. The lowest BCUT2D eigenvalue weighted by Gasteiger charge is -2.39. The van der Waals surface area contributed by atoms with Gasteiger partial charge in [0.1, 0.15) is 0 Å². The summed E-state index contributed by atoms with van der Waals surface area (Å²) in [4.78, 5) is 2.51. The van der Waals surface area contributed by atoms with E-state index in [4.69, 9.17) is 0 Å². The number of likely N-dealkylation sites (tertiary alicyclic amines) is 1. The zero-order valence-corrected chi connectivity index (χ0v) is 8.45. The van der Waals surface area contributed by atoms with E-state index in [1.54, 1.807) is 0 Å². The Morgan fingerprint density at radius 1 is 1.58 bits per heavy atom. The molecule has 12 heavy (non-hydrogen) atoms. The summed E-state index contributed by atoms with van der Waals surface area (Å²) in [5.74, 6) is 0. The Bertz CT molecular complexity index is 138. The molecule has 0 aromatic rings. The van der Waals surface area contributed by atoms with Crippen LogP contribution in [0.1, 0.15) is 40.0 Å². The fourth-order valence-corrected chi connectivity index (χ4v) is 2.05. The minimum atomic E-state index is -0.0553. The lowest BCUT2D eigenvalue weighted by Crippen LogP contribution is -2.46. The molecule has 1 fully saturated rings. The Morgan fingerprint density at radius 2 is 2.25 bits per heavy atom. The molecule has 3 atom stereocenters. The maximum absolute atomic E-state index is 9.43. The first-order chi connectivity index (χ1) is 5.65. The van der Waals surface area contributed by atoms with Gasteiger partial charge in [0, 0.05) is 18.6 Å². The number of hydrogen-bond acceptors (Lipinski definition) is 2. The Labute approximate surface area is 75.6 Å². The average molecular weight is 171 g/mol. The molecule has 0 saturated carbocycles. The Kier molecular flexibility index (Phi) is 3.53. The van der Waals surface area contributed by atoms with Gasteiger partial charge in [-0.1, -0.05) is 6.92 Å². The van der Waals surface area contributed by atoms with Crippen LogP contribution in [0.15, 0.2) is 0 Å². The lowest BCUT2D eigenvalue weighted by atomic mass is 9.98. The number of nitrogens with zero attached hydrogens (tertiary/aromatic N) is 1. The van der Waals surface area contributed by atoms with Crippen molar-refractivity contribution in [3.8, 4) is 0 Å². The highest BCUT2D eigenvalue weighted by atomic mass is 16.3. The minimum Gasteiger partial charge on any atom is -0.393 e. The van der Waals surface area contributed by atoms with Crippen molar-refractivity contribution in [2.24, 2.45) is 0 Å². The molecule has 0 spiro atoms. The van der Waals surface area contributed by atoms with E-state index in [0.29, 0.717) is 12.1 Å². The third-order valence-corrected chi connectivity index (χ3v) is 3.06. The molecule has 1 rings (SSSR count). The second kappa shape index (κ2) is 4.24. The lowest BCUT2D eigenvalue weighted by molar-refractivity contribution is 0.0273. The highest BCUT2D eigenvalue weighted by molar-refractivity contribution is 4.81. The monoisotopic (exact) mass is 171 g/mol. The summed E-state index contributed by atoms with van der Waals surface area (Å²) < 4.78 is 0. The number of aliphatic hydroxyl groups excluding tert-OH is 1. The van der Waals surface area contributed by atoms with Gasteiger partial charge >= 0.3 is 0 Å². The predicted molar refractivity (Wildman–Crippen MR) is 51.2 cm³/mol. The SMILES string of the molecule is CC[C@@H](C)N1CC[C@@H](O)C[C@H]1C. The van der Waals surface area contributed by atoms with E-state index in [1.165, 1.54) is 6.42 Å². The smallest absolute Gasteiger partial charge is 0.0567 e. The molecular formula is C10H21NO. The zero-order valence-electron chi connectivity index (χ0n) is 8.45. The van der Waals surface area contributed by atoms with Crippen LogP contribution in [0.4, 0.5) is 0 Å². The molecule has 1 N–H and O–H groups in total. The third-order valence-electron chi connectivity index (χ3n) is 3.06. The van der Waals surface area contributed by atoms with Crippen LogP contribution in [0.2, 0.25) is 0 Å². The van der Waals surface area contributed by atoms with Crippen molar-refractivity contribution in [3.63, 3.8) is 0 Å². The van der Waals surface area contributed by atoms with Crippen LogP contribution >= 0.6 is 0 Å². The van der Waals surface area contributed by atoms with Crippen molar-refractivity contribution in [3.05, 3.63) is 0 Å². The van der Waals surface area contributed by atoms with E-state index in [1.807, 2.05) is 0 Å². The second-order valence-corrected chi connectivity index (χ2v) is 4.02. The van der Waals surface area contributed by atoms with Crippen LogP contribution in [-0.2, 0) is 0 Å². The molecule has 2 heteroatoms. The molecule has 72 valence electrons. The highest BCUT2D eigenvalue weighted by Crippen LogP contribution is 2.20. The molecule has 0 radical (unpaired) electrons. The summed E-state index contributed by atoms with van der Waals surface area (Å²) in [6, 6.07) is 1.23. The van der Waals surface area contributed by atoms with E-state index in [-0.39, 0.29) is 6.10 Å². The molecule has 0 aliphatic carbocycles. The van der Waals surface area contributed by atoms with Crippen LogP contribution in [0.25, 0.3) is 0 Å². The van der Waals surface area contributed by atoms with E-state index in [9.17, 15) is 5.11 Å². The van der Waals surface area contributed by atoms with Crippen LogP contribution in [0.5, 0.6) is 0 Å². The van der Waals surface area contributed by atoms with Gasteiger partial charge in [0.2, 0.25) is 0 Å². The average Bonchev–Trinajstić information content (AvgIpc) is 2.03. The molecule has 0 unspecified atom stereocenters. The minimum absolute atomic E-state index is 0.0553. The van der Waals surface area contributed by atoms with Crippen molar-refractivity contribution in [1.29, 1.82) is 0 Å². The van der Waals surface area contributed by atoms with Gasteiger partial charge in [-0.2, -0.15) is 0 Å². The van der Waals surface area contributed by atoms with Gasteiger partial charge in [-0.25, -0.2) is 0 Å². The van der Waals surface area contributed by atoms with E-state index in [2.05, 4.69) is 25.7 Å². The standard InChI is InChI=1S/C10H21NO/c1-4-8(2)11-6-5-10(12)7-9(11)3/h8-10,12H,4-7H2,1-3H3/t8-,9-,10-/m1/s1. The summed E-state index contributed by atoms with van der Waals surface area (Å²) in [6.07, 6.45) is 3.06. The Morgan fingerprint density at radius 3 is 2.75 bits per heavy atom. The maximum Gasteiger partial charge on any atom is 0.0567 e. The van der Waals surface area contributed by atoms with E-state index < -0.39 is 0 Å². The highest BCUT2D eigenvalue weighted by Gasteiger charge is 2.26. The largest absolute Gasteiger partial charge is 0.393 e. The van der Waals surface area contributed by atoms with Crippen molar-refractivity contribution in [2.45, 2.75) is 58.2 Å². The quantitative estimate of drug-likeness (QED) is 0.682. The van der Waals surface area contributed by atoms with Gasteiger partial charge in [-0.05, 0) is 33.1 Å². The molecule has 0 bridgehead atoms. The van der Waals surface area contributed by atoms with Gasteiger partial charge in [-0.3, -0.25) is 4.90 Å². The predicted octanol–water partition coefficient (Wildman–Crippen LogP) is 1.63. The summed E-state index contributed by atoms with van der Waals surface area (Å²) in [5, 5.41) is 9.43. The van der Waals surface area contributed by atoms with Crippen LogP contribution in [0.3, 0.4) is 0 Å². The van der Waals surface area contributed by atoms with Gasteiger partial charge in [0.15, 0.2) is 0 Å². The van der Waals surface area contributed by atoms with E-state index in [0.717, 1.165) is 19.4 Å². The maximum atomic E-state index is 9.43. The zero-order chi connectivity index (χ0) is 9.14. The molecule has 0 amide bonds.